The van der Waals surface area contributed by atoms with Crippen LogP contribution in [0.4, 0.5) is 20.2 Å². The maximum atomic E-state index is 13.1. The van der Waals surface area contributed by atoms with E-state index < -0.39 is 11.6 Å². The lowest BCUT2D eigenvalue weighted by Crippen LogP contribution is -2.20. The molecule has 0 saturated heterocycles. The number of anilines is 2. The fourth-order valence-electron chi connectivity index (χ4n) is 1.34. The van der Waals surface area contributed by atoms with Gasteiger partial charge in [-0.3, -0.25) is 0 Å². The molecule has 0 bridgehead atoms. The van der Waals surface area contributed by atoms with E-state index in [1.807, 2.05) is 19.0 Å². The quantitative estimate of drug-likeness (QED) is 0.576. The summed E-state index contributed by atoms with van der Waals surface area (Å²) in [7, 11) is 3.91. The van der Waals surface area contributed by atoms with Gasteiger partial charge in [0.15, 0.2) is 5.82 Å². The first-order valence-electron chi connectivity index (χ1n) is 5.71. The van der Waals surface area contributed by atoms with Crippen LogP contribution in [0.15, 0.2) is 12.1 Å². The van der Waals surface area contributed by atoms with Crippen LogP contribution in [0.3, 0.4) is 0 Å². The first kappa shape index (κ1) is 14.7. The topological polar surface area (TPSA) is 50.5 Å². The minimum atomic E-state index is -0.758. The molecule has 1 rings (SSSR count). The molecule has 0 heterocycles. The Hall–Kier alpha value is -1.40. The molecule has 6 heteroatoms. The molecule has 0 fully saturated rings. The summed E-state index contributed by atoms with van der Waals surface area (Å²) >= 11 is 0. The van der Waals surface area contributed by atoms with Crippen molar-refractivity contribution in [2.45, 2.75) is 0 Å². The van der Waals surface area contributed by atoms with Crippen molar-refractivity contribution in [2.75, 3.05) is 51.4 Å². The van der Waals surface area contributed by atoms with Crippen LogP contribution in [0.25, 0.3) is 0 Å². The van der Waals surface area contributed by atoms with E-state index in [2.05, 4.69) is 5.32 Å². The summed E-state index contributed by atoms with van der Waals surface area (Å²) in [5.74, 6) is -1.41. The Morgan fingerprint density at radius 1 is 1.28 bits per heavy atom. The van der Waals surface area contributed by atoms with E-state index in [0.717, 1.165) is 18.7 Å². The Morgan fingerprint density at radius 3 is 2.67 bits per heavy atom. The van der Waals surface area contributed by atoms with Gasteiger partial charge in [0.25, 0.3) is 0 Å². The Morgan fingerprint density at radius 2 is 2.00 bits per heavy atom. The van der Waals surface area contributed by atoms with Crippen LogP contribution in [0.2, 0.25) is 0 Å². The van der Waals surface area contributed by atoms with Crippen LogP contribution < -0.4 is 11.1 Å². The van der Waals surface area contributed by atoms with Gasteiger partial charge in [-0.05, 0) is 20.2 Å². The number of nitrogen functional groups attached to an aromatic ring is 1. The van der Waals surface area contributed by atoms with Crippen molar-refractivity contribution in [3.8, 4) is 0 Å². The van der Waals surface area contributed by atoms with Gasteiger partial charge in [0.1, 0.15) is 5.82 Å². The molecule has 4 nitrogen and oxygen atoms in total. The van der Waals surface area contributed by atoms with E-state index in [1.54, 1.807) is 0 Å². The van der Waals surface area contributed by atoms with E-state index in [0.29, 0.717) is 19.8 Å². The average molecular weight is 259 g/mol. The van der Waals surface area contributed by atoms with Crippen molar-refractivity contribution in [3.63, 3.8) is 0 Å². The summed E-state index contributed by atoms with van der Waals surface area (Å²) in [5, 5.41) is 2.84. The molecule has 0 aliphatic carbocycles. The van der Waals surface area contributed by atoms with Crippen molar-refractivity contribution in [3.05, 3.63) is 23.8 Å². The molecule has 0 unspecified atom stereocenters. The highest BCUT2D eigenvalue weighted by Gasteiger charge is 2.07. The van der Waals surface area contributed by atoms with Crippen molar-refractivity contribution >= 4 is 11.4 Å². The van der Waals surface area contributed by atoms with Gasteiger partial charge in [-0.1, -0.05) is 0 Å². The van der Waals surface area contributed by atoms with Crippen molar-refractivity contribution in [2.24, 2.45) is 0 Å². The zero-order valence-corrected chi connectivity index (χ0v) is 10.7. The summed E-state index contributed by atoms with van der Waals surface area (Å²) < 4.78 is 31.4. The predicted octanol–water partition coefficient (Wildman–Crippen LogP) is 1.54. The molecular weight excluding hydrogens is 240 g/mol. The van der Waals surface area contributed by atoms with Crippen LogP contribution >= 0.6 is 0 Å². The highest BCUT2D eigenvalue weighted by molar-refractivity contribution is 5.66. The molecule has 102 valence electrons. The van der Waals surface area contributed by atoms with E-state index >= 15 is 0 Å². The lowest BCUT2D eigenvalue weighted by Gasteiger charge is -2.12. The van der Waals surface area contributed by atoms with E-state index in [1.165, 1.54) is 0 Å². The number of hydrogen-bond donors (Lipinski definition) is 2. The number of likely N-dealkylation sites (N-methyl/N-ethyl adjacent to an activating group) is 1. The van der Waals surface area contributed by atoms with Crippen LogP contribution in [0, 0.1) is 11.6 Å². The largest absolute Gasteiger partial charge is 0.395 e. The Labute approximate surface area is 106 Å². The summed E-state index contributed by atoms with van der Waals surface area (Å²) in [4.78, 5) is 2.01. The third-order valence-electron chi connectivity index (χ3n) is 2.34. The summed E-state index contributed by atoms with van der Waals surface area (Å²) in [6.45, 7) is 2.34. The fraction of sp³-hybridized carbons (Fsp3) is 0.500. The second-order valence-electron chi connectivity index (χ2n) is 4.19. The van der Waals surface area contributed by atoms with Gasteiger partial charge >= 0.3 is 0 Å². The van der Waals surface area contributed by atoms with Crippen LogP contribution in [0.1, 0.15) is 0 Å². The maximum absolute atomic E-state index is 13.1. The van der Waals surface area contributed by atoms with Gasteiger partial charge in [-0.25, -0.2) is 8.78 Å². The van der Waals surface area contributed by atoms with Crippen molar-refractivity contribution < 1.29 is 13.5 Å². The monoisotopic (exact) mass is 259 g/mol. The normalized spacial score (nSPS) is 10.9. The number of nitrogens with two attached hydrogens (primary N) is 1. The molecule has 0 aliphatic rings. The second-order valence-corrected chi connectivity index (χ2v) is 4.19. The molecule has 1 aromatic carbocycles. The van der Waals surface area contributed by atoms with Gasteiger partial charge in [-0.2, -0.15) is 0 Å². The first-order chi connectivity index (χ1) is 8.50. The van der Waals surface area contributed by atoms with Crippen molar-refractivity contribution in [1.82, 2.24) is 4.90 Å². The molecule has 0 spiro atoms. The first-order valence-corrected chi connectivity index (χ1v) is 5.71. The van der Waals surface area contributed by atoms with Gasteiger partial charge in [-0.15, -0.1) is 0 Å². The molecule has 0 aliphatic heterocycles. The Bertz CT molecular complexity index is 386. The highest BCUT2D eigenvalue weighted by Crippen LogP contribution is 2.22. The zero-order chi connectivity index (χ0) is 13.5. The molecule has 0 amide bonds. The standard InChI is InChI=1S/C12H19F2N3O/c1-17(2)4-6-18-5-3-16-11-8-9(13)7-10(14)12(11)15/h7-8,16H,3-6,15H2,1-2H3. The molecule has 1 aromatic rings. The highest BCUT2D eigenvalue weighted by atomic mass is 19.1. The molecule has 0 saturated carbocycles. The van der Waals surface area contributed by atoms with Gasteiger partial charge < -0.3 is 20.7 Å². The van der Waals surface area contributed by atoms with Gasteiger partial charge in [0, 0.05) is 19.2 Å². The molecular formula is C12H19F2N3O. The van der Waals surface area contributed by atoms with Gasteiger partial charge in [0.2, 0.25) is 0 Å². The fourth-order valence-corrected chi connectivity index (χ4v) is 1.34. The van der Waals surface area contributed by atoms with Gasteiger partial charge in [0.05, 0.1) is 24.6 Å². The number of nitrogens with zero attached hydrogens (tertiary/aromatic N) is 1. The Balaban J connectivity index is 2.31. The smallest absolute Gasteiger partial charge is 0.151 e. The van der Waals surface area contributed by atoms with Crippen LogP contribution in [-0.2, 0) is 4.74 Å². The van der Waals surface area contributed by atoms with Crippen LogP contribution in [0.5, 0.6) is 0 Å². The molecule has 3 N–H and O–H groups in total. The number of rotatable bonds is 7. The predicted molar refractivity (Wildman–Crippen MR) is 68.6 cm³/mol. The average Bonchev–Trinajstić information content (AvgIpc) is 2.29. The lowest BCUT2D eigenvalue weighted by molar-refractivity contribution is 0.126. The summed E-state index contributed by atoms with van der Waals surface area (Å²) in [6, 6.07) is 1.92. The third-order valence-corrected chi connectivity index (χ3v) is 2.34. The molecule has 18 heavy (non-hydrogen) atoms. The maximum Gasteiger partial charge on any atom is 0.151 e. The summed E-state index contributed by atoms with van der Waals surface area (Å²) in [6.07, 6.45) is 0. The SMILES string of the molecule is CN(C)CCOCCNc1cc(F)cc(F)c1N. The molecule has 0 radical (unpaired) electrons. The molecule has 0 aromatic heterocycles. The number of hydrogen-bond acceptors (Lipinski definition) is 4. The second kappa shape index (κ2) is 7.13. The number of benzene rings is 1. The summed E-state index contributed by atoms with van der Waals surface area (Å²) in [5.41, 5.74) is 5.65. The van der Waals surface area contributed by atoms with Crippen molar-refractivity contribution in [1.29, 1.82) is 0 Å². The number of ether oxygens (including phenoxy) is 1. The zero-order valence-electron chi connectivity index (χ0n) is 10.7. The Kier molecular flexibility index (Phi) is 5.80. The van der Waals surface area contributed by atoms with E-state index in [-0.39, 0.29) is 11.4 Å². The lowest BCUT2D eigenvalue weighted by atomic mass is 10.2. The number of halogens is 2. The number of nitrogens with one attached hydrogen (secondary N) is 1. The minimum Gasteiger partial charge on any atom is -0.395 e. The van der Waals surface area contributed by atoms with Crippen LogP contribution in [-0.4, -0.2) is 45.3 Å². The minimum absolute atomic E-state index is 0.0790. The van der Waals surface area contributed by atoms with E-state index in [9.17, 15) is 8.78 Å². The van der Waals surface area contributed by atoms with E-state index in [4.69, 9.17) is 10.5 Å². The third kappa shape index (κ3) is 4.85. The molecule has 0 atom stereocenters.